The van der Waals surface area contributed by atoms with Crippen LogP contribution < -0.4 is 0 Å². The lowest BCUT2D eigenvalue weighted by Crippen LogP contribution is -1.99. The molecule has 0 bridgehead atoms. The number of thiophene rings is 2. The third-order valence-corrected chi connectivity index (χ3v) is 13.4. The van der Waals surface area contributed by atoms with Gasteiger partial charge in [0.1, 0.15) is 0 Å². The van der Waals surface area contributed by atoms with Crippen molar-refractivity contribution in [3.05, 3.63) is 182 Å². The summed E-state index contributed by atoms with van der Waals surface area (Å²) in [6.45, 7) is 0. The maximum atomic E-state index is 4.98. The zero-order valence-electron chi connectivity index (χ0n) is 30.4. The fourth-order valence-electron chi connectivity index (χ4n) is 8.35. The van der Waals surface area contributed by atoms with Gasteiger partial charge in [-0.3, -0.25) is 0 Å². The topological polar surface area (TPSA) is 43.6 Å². The molecule has 6 heteroatoms. The lowest BCUT2D eigenvalue weighted by molar-refractivity contribution is 1.07. The molecule has 0 radical (unpaired) electrons. The van der Waals surface area contributed by atoms with Crippen LogP contribution in [0.25, 0.3) is 113 Å². The van der Waals surface area contributed by atoms with Gasteiger partial charge in [-0.1, -0.05) is 133 Å². The van der Waals surface area contributed by atoms with Crippen molar-refractivity contribution in [1.82, 2.24) is 19.5 Å². The molecule has 0 fully saturated rings. The van der Waals surface area contributed by atoms with Gasteiger partial charge in [-0.2, -0.15) is 0 Å². The summed E-state index contributed by atoms with van der Waals surface area (Å²) >= 11 is 3.70. The maximum absolute atomic E-state index is 4.98. The molecular formula is C51H30N4S2. The fourth-order valence-corrected chi connectivity index (χ4v) is 10.7. The first-order valence-electron chi connectivity index (χ1n) is 19.0. The molecule has 4 aromatic heterocycles. The third kappa shape index (κ3) is 5.22. The third-order valence-electron chi connectivity index (χ3n) is 11.1. The van der Waals surface area contributed by atoms with Crippen molar-refractivity contribution in [2.75, 3.05) is 0 Å². The Balaban J connectivity index is 0.924. The highest BCUT2D eigenvalue weighted by atomic mass is 32.1. The summed E-state index contributed by atoms with van der Waals surface area (Å²) in [5.74, 6) is 2.00. The molecule has 4 heterocycles. The van der Waals surface area contributed by atoms with Crippen LogP contribution in [0.4, 0.5) is 0 Å². The van der Waals surface area contributed by atoms with E-state index in [9.17, 15) is 0 Å². The molecule has 0 aliphatic carbocycles. The minimum atomic E-state index is 0.665. The average Bonchev–Trinajstić information content (AvgIpc) is 3.96. The first-order chi connectivity index (χ1) is 28.2. The Labute approximate surface area is 335 Å². The first-order valence-corrected chi connectivity index (χ1v) is 20.6. The number of fused-ring (bicyclic) bond motifs is 10. The van der Waals surface area contributed by atoms with Gasteiger partial charge < -0.3 is 4.57 Å². The van der Waals surface area contributed by atoms with E-state index in [4.69, 9.17) is 15.0 Å². The van der Waals surface area contributed by atoms with E-state index in [-0.39, 0.29) is 0 Å². The van der Waals surface area contributed by atoms with Gasteiger partial charge in [0.05, 0.1) is 11.0 Å². The number of benzene rings is 8. The normalized spacial score (nSPS) is 11.9. The van der Waals surface area contributed by atoms with Gasteiger partial charge in [-0.15, -0.1) is 22.7 Å². The molecule has 0 spiro atoms. The minimum Gasteiger partial charge on any atom is -0.309 e. The molecule has 0 atom stereocenters. The second-order valence-electron chi connectivity index (χ2n) is 14.4. The molecule has 12 rings (SSSR count). The van der Waals surface area contributed by atoms with Crippen LogP contribution in [0.15, 0.2) is 182 Å². The number of nitrogens with zero attached hydrogens (tertiary/aromatic N) is 4. The molecule has 8 aromatic carbocycles. The summed E-state index contributed by atoms with van der Waals surface area (Å²) in [7, 11) is 0. The zero-order chi connectivity index (χ0) is 37.5. The molecule has 0 aliphatic rings. The highest BCUT2D eigenvalue weighted by molar-refractivity contribution is 7.27. The van der Waals surface area contributed by atoms with Crippen LogP contribution in [0, 0.1) is 0 Å². The van der Waals surface area contributed by atoms with E-state index in [0.717, 1.165) is 22.4 Å². The van der Waals surface area contributed by atoms with Crippen LogP contribution in [0.5, 0.6) is 0 Å². The van der Waals surface area contributed by atoms with Gasteiger partial charge in [0.15, 0.2) is 17.5 Å². The van der Waals surface area contributed by atoms with E-state index >= 15 is 0 Å². The molecule has 4 nitrogen and oxygen atoms in total. The van der Waals surface area contributed by atoms with Gasteiger partial charge in [-0.25, -0.2) is 15.0 Å². The van der Waals surface area contributed by atoms with Crippen LogP contribution in [0.1, 0.15) is 0 Å². The molecule has 0 unspecified atom stereocenters. The SMILES string of the molecule is c1ccc(-c2nc(-c3ccccc3)nc(-c3ccc4c(c3)sc3ccc(-c5ccc(-n6c7ccccc7c7c8sc9ccccc9c8ccc76)cc5)cc34)n2)cc1. The van der Waals surface area contributed by atoms with Crippen molar-refractivity contribution in [2.24, 2.45) is 0 Å². The van der Waals surface area contributed by atoms with Crippen molar-refractivity contribution in [3.63, 3.8) is 0 Å². The van der Waals surface area contributed by atoms with Gasteiger partial charge in [0.25, 0.3) is 0 Å². The molecular weight excluding hydrogens is 733 g/mol. The number of hydrogen-bond donors (Lipinski definition) is 0. The van der Waals surface area contributed by atoms with Crippen LogP contribution in [0.2, 0.25) is 0 Å². The van der Waals surface area contributed by atoms with E-state index in [1.165, 1.54) is 73.3 Å². The fraction of sp³-hybridized carbons (Fsp3) is 0. The molecule has 57 heavy (non-hydrogen) atoms. The Bertz CT molecular complexity index is 3450. The highest BCUT2D eigenvalue weighted by Gasteiger charge is 2.18. The summed E-state index contributed by atoms with van der Waals surface area (Å²) in [6, 6.07) is 64.9. The van der Waals surface area contributed by atoms with Crippen LogP contribution >= 0.6 is 22.7 Å². The van der Waals surface area contributed by atoms with E-state index in [1.807, 2.05) is 72.0 Å². The Morgan fingerprint density at radius 3 is 1.67 bits per heavy atom. The summed E-state index contributed by atoms with van der Waals surface area (Å²) < 4.78 is 7.56. The second kappa shape index (κ2) is 12.8. The molecule has 12 aromatic rings. The first kappa shape index (κ1) is 32.3. The van der Waals surface area contributed by atoms with Gasteiger partial charge in [-0.05, 0) is 59.7 Å². The number of aromatic nitrogens is 4. The van der Waals surface area contributed by atoms with E-state index in [2.05, 4.69) is 126 Å². The quantitative estimate of drug-likeness (QED) is 0.175. The largest absolute Gasteiger partial charge is 0.309 e. The molecule has 0 saturated heterocycles. The van der Waals surface area contributed by atoms with Crippen molar-refractivity contribution in [3.8, 4) is 51.0 Å². The Hall–Kier alpha value is -6.99. The summed E-state index contributed by atoms with van der Waals surface area (Å²) in [6.07, 6.45) is 0. The van der Waals surface area contributed by atoms with E-state index in [0.29, 0.717) is 17.5 Å². The summed E-state index contributed by atoms with van der Waals surface area (Å²) in [5.41, 5.74) is 8.90. The molecule has 266 valence electrons. The average molecular weight is 763 g/mol. The molecule has 0 saturated carbocycles. The predicted molar refractivity (Wildman–Crippen MR) is 242 cm³/mol. The van der Waals surface area contributed by atoms with Crippen molar-refractivity contribution in [2.45, 2.75) is 0 Å². The van der Waals surface area contributed by atoms with Crippen LogP contribution in [-0.4, -0.2) is 19.5 Å². The van der Waals surface area contributed by atoms with E-state index < -0.39 is 0 Å². The predicted octanol–water partition coefficient (Wildman–Crippen LogP) is 14.4. The summed E-state index contributed by atoms with van der Waals surface area (Å²) in [5, 5.41) is 7.76. The van der Waals surface area contributed by atoms with Gasteiger partial charge >= 0.3 is 0 Å². The number of hydrogen-bond acceptors (Lipinski definition) is 5. The van der Waals surface area contributed by atoms with Gasteiger partial charge in [0, 0.05) is 73.5 Å². The zero-order valence-corrected chi connectivity index (χ0v) is 32.1. The van der Waals surface area contributed by atoms with Crippen LogP contribution in [0.3, 0.4) is 0 Å². The molecule has 0 aliphatic heterocycles. The van der Waals surface area contributed by atoms with Crippen molar-refractivity contribution >= 4 is 84.8 Å². The van der Waals surface area contributed by atoms with Gasteiger partial charge in [0.2, 0.25) is 0 Å². The Morgan fingerprint density at radius 1 is 0.333 bits per heavy atom. The highest BCUT2D eigenvalue weighted by Crippen LogP contribution is 2.44. The number of para-hydroxylation sites is 1. The smallest absolute Gasteiger partial charge is 0.164 e. The molecule has 0 N–H and O–H groups in total. The maximum Gasteiger partial charge on any atom is 0.164 e. The van der Waals surface area contributed by atoms with Crippen molar-refractivity contribution < 1.29 is 0 Å². The van der Waals surface area contributed by atoms with E-state index in [1.54, 1.807) is 11.3 Å². The molecule has 0 amide bonds. The second-order valence-corrected chi connectivity index (χ2v) is 16.5. The lowest BCUT2D eigenvalue weighted by Gasteiger charge is -2.10. The number of rotatable bonds is 5. The van der Waals surface area contributed by atoms with Crippen molar-refractivity contribution in [1.29, 1.82) is 0 Å². The minimum absolute atomic E-state index is 0.665. The standard InChI is InChI=1S/C51H30N4S2/c1-3-11-32(12-4-1)49-52-50(33-13-5-2-6-14-33)54-51(53-49)35-21-25-38-41-29-34(22-28-45(41)56-46(38)30-35)31-19-23-36(24-20-31)55-42-17-9-7-16-40(42)47-43(55)27-26-39-37-15-8-10-18-44(37)57-48(39)47/h1-30H. The Morgan fingerprint density at radius 2 is 0.912 bits per heavy atom. The monoisotopic (exact) mass is 762 g/mol. The van der Waals surface area contributed by atoms with Crippen LogP contribution in [-0.2, 0) is 0 Å². The lowest BCUT2D eigenvalue weighted by atomic mass is 10.0. The Kier molecular flexibility index (Phi) is 7.24. The summed E-state index contributed by atoms with van der Waals surface area (Å²) in [4.78, 5) is 14.8.